The van der Waals surface area contributed by atoms with Crippen LogP contribution >= 0.6 is 31.9 Å². The number of nitrogens with one attached hydrogen (secondary N) is 2. The first kappa shape index (κ1) is 17.7. The van der Waals surface area contributed by atoms with Crippen LogP contribution < -0.4 is 10.7 Å². The molecule has 0 saturated heterocycles. The fourth-order valence-electron chi connectivity index (χ4n) is 1.97. The molecule has 0 saturated carbocycles. The van der Waals surface area contributed by atoms with E-state index in [4.69, 9.17) is 0 Å². The third kappa shape index (κ3) is 5.18. The Hall–Kier alpha value is -1.66. The number of amides is 1. The quantitative estimate of drug-likeness (QED) is 0.534. The zero-order valence-electron chi connectivity index (χ0n) is 12.9. The van der Waals surface area contributed by atoms with Crippen LogP contribution in [-0.4, -0.2) is 18.2 Å². The van der Waals surface area contributed by atoms with Crippen LogP contribution in [0, 0.1) is 6.92 Å². The second-order valence-corrected chi connectivity index (χ2v) is 6.76. The van der Waals surface area contributed by atoms with Crippen molar-refractivity contribution in [3.05, 3.63) is 62.5 Å². The molecular weight excluding hydrogens is 422 g/mol. The molecule has 4 nitrogen and oxygen atoms in total. The molecule has 0 aliphatic carbocycles. The number of aryl methyl sites for hydroxylation is 1. The number of carbonyl (C=O) groups is 1. The van der Waals surface area contributed by atoms with Crippen molar-refractivity contribution in [2.75, 3.05) is 11.9 Å². The van der Waals surface area contributed by atoms with Gasteiger partial charge in [0.2, 0.25) is 0 Å². The maximum atomic E-state index is 11.9. The molecule has 0 unspecified atom stereocenters. The molecule has 0 bridgehead atoms. The summed E-state index contributed by atoms with van der Waals surface area (Å²) in [5.41, 5.74) is 6.26. The number of hydrogen-bond donors (Lipinski definition) is 2. The van der Waals surface area contributed by atoms with E-state index in [-0.39, 0.29) is 12.5 Å². The van der Waals surface area contributed by atoms with E-state index in [2.05, 4.69) is 47.7 Å². The average Bonchev–Trinajstić information content (AvgIpc) is 2.52. The van der Waals surface area contributed by atoms with E-state index in [1.807, 2.05) is 56.3 Å². The van der Waals surface area contributed by atoms with Crippen LogP contribution in [0.5, 0.6) is 0 Å². The number of anilines is 1. The lowest BCUT2D eigenvalue weighted by molar-refractivity contribution is -0.119. The van der Waals surface area contributed by atoms with E-state index in [0.717, 1.165) is 31.5 Å². The standard InChI is InChI=1S/C17H17Br2N3O/c1-11-8-14(18)17(15(19)9-11)20-10-16(23)22-21-12(2)13-6-4-3-5-7-13/h3-9,20H,10H2,1-2H3,(H,22,23)/b21-12-. The van der Waals surface area contributed by atoms with Crippen LogP contribution in [-0.2, 0) is 4.79 Å². The van der Waals surface area contributed by atoms with Gasteiger partial charge >= 0.3 is 0 Å². The number of benzene rings is 2. The smallest absolute Gasteiger partial charge is 0.259 e. The zero-order chi connectivity index (χ0) is 16.8. The second kappa shape index (κ2) is 8.26. The molecule has 120 valence electrons. The molecule has 0 aromatic heterocycles. The molecule has 1 amide bonds. The molecule has 2 rings (SSSR count). The van der Waals surface area contributed by atoms with Crippen LogP contribution in [0.1, 0.15) is 18.1 Å². The first-order valence-corrected chi connectivity index (χ1v) is 8.64. The molecule has 0 radical (unpaired) electrons. The number of carbonyl (C=O) groups excluding carboxylic acids is 1. The second-order valence-electron chi connectivity index (χ2n) is 5.06. The largest absolute Gasteiger partial charge is 0.374 e. The molecule has 0 atom stereocenters. The molecule has 2 N–H and O–H groups in total. The fraction of sp³-hybridized carbons (Fsp3) is 0.176. The van der Waals surface area contributed by atoms with Crippen molar-refractivity contribution in [1.82, 2.24) is 5.43 Å². The summed E-state index contributed by atoms with van der Waals surface area (Å²) in [5.74, 6) is -0.209. The van der Waals surface area contributed by atoms with Gasteiger partial charge in [-0.25, -0.2) is 5.43 Å². The SMILES string of the molecule is C/C(=N/NC(=O)CNc1c(Br)cc(C)cc1Br)c1ccccc1. The maximum Gasteiger partial charge on any atom is 0.259 e. The van der Waals surface area contributed by atoms with Crippen LogP contribution in [0.3, 0.4) is 0 Å². The van der Waals surface area contributed by atoms with E-state index in [0.29, 0.717) is 0 Å². The highest BCUT2D eigenvalue weighted by Crippen LogP contribution is 2.31. The zero-order valence-corrected chi connectivity index (χ0v) is 16.0. The van der Waals surface area contributed by atoms with E-state index >= 15 is 0 Å². The van der Waals surface area contributed by atoms with E-state index in [1.54, 1.807) is 0 Å². The Labute approximate surface area is 152 Å². The highest BCUT2D eigenvalue weighted by atomic mass is 79.9. The van der Waals surface area contributed by atoms with Crippen molar-refractivity contribution in [3.8, 4) is 0 Å². The summed E-state index contributed by atoms with van der Waals surface area (Å²) in [6.45, 7) is 4.00. The third-order valence-corrected chi connectivity index (χ3v) is 4.40. The van der Waals surface area contributed by atoms with Gasteiger partial charge in [0.15, 0.2) is 0 Å². The Morgan fingerprint density at radius 1 is 1.13 bits per heavy atom. The number of halogens is 2. The molecule has 2 aromatic rings. The van der Waals surface area contributed by atoms with Crippen LogP contribution in [0.4, 0.5) is 5.69 Å². The van der Waals surface area contributed by atoms with Gasteiger partial charge in [0.05, 0.1) is 17.9 Å². The minimum absolute atomic E-state index is 0.131. The number of hydrogen-bond acceptors (Lipinski definition) is 3. The molecule has 23 heavy (non-hydrogen) atoms. The normalized spacial score (nSPS) is 11.2. The van der Waals surface area contributed by atoms with Crippen molar-refractivity contribution in [1.29, 1.82) is 0 Å². The lowest BCUT2D eigenvalue weighted by Crippen LogP contribution is -2.27. The number of nitrogens with zero attached hydrogens (tertiary/aromatic N) is 1. The highest BCUT2D eigenvalue weighted by Gasteiger charge is 2.08. The molecule has 2 aromatic carbocycles. The van der Waals surface area contributed by atoms with Crippen molar-refractivity contribution in [2.24, 2.45) is 5.10 Å². The van der Waals surface area contributed by atoms with Gasteiger partial charge in [0, 0.05) is 8.95 Å². The van der Waals surface area contributed by atoms with Crippen LogP contribution in [0.25, 0.3) is 0 Å². The summed E-state index contributed by atoms with van der Waals surface area (Å²) >= 11 is 6.98. The number of rotatable bonds is 5. The molecule has 0 aliphatic rings. The monoisotopic (exact) mass is 437 g/mol. The van der Waals surface area contributed by atoms with Crippen molar-refractivity contribution >= 4 is 49.2 Å². The van der Waals surface area contributed by atoms with Gasteiger partial charge in [-0.15, -0.1) is 0 Å². The summed E-state index contributed by atoms with van der Waals surface area (Å²) in [7, 11) is 0. The number of hydrazone groups is 1. The minimum Gasteiger partial charge on any atom is -0.374 e. The van der Waals surface area contributed by atoms with Gasteiger partial charge in [-0.2, -0.15) is 5.10 Å². The van der Waals surface area contributed by atoms with Crippen LogP contribution in [0.15, 0.2) is 56.5 Å². The van der Waals surface area contributed by atoms with Gasteiger partial charge < -0.3 is 5.32 Å². The summed E-state index contributed by atoms with van der Waals surface area (Å²) in [4.78, 5) is 11.9. The van der Waals surface area contributed by atoms with Gasteiger partial charge in [0.25, 0.3) is 5.91 Å². The Morgan fingerprint density at radius 2 is 1.74 bits per heavy atom. The molecule has 0 fully saturated rings. The summed E-state index contributed by atoms with van der Waals surface area (Å²) in [6.07, 6.45) is 0. The topological polar surface area (TPSA) is 53.5 Å². The lowest BCUT2D eigenvalue weighted by Gasteiger charge is -2.11. The Morgan fingerprint density at radius 3 is 2.35 bits per heavy atom. The Balaban J connectivity index is 1.94. The van der Waals surface area contributed by atoms with Gasteiger partial charge in [-0.05, 0) is 69.0 Å². The van der Waals surface area contributed by atoms with E-state index in [9.17, 15) is 4.79 Å². The Bertz CT molecular complexity index is 707. The predicted octanol–water partition coefficient (Wildman–Crippen LogP) is 4.47. The first-order chi connectivity index (χ1) is 11.0. The van der Waals surface area contributed by atoms with Gasteiger partial charge in [-0.3, -0.25) is 4.79 Å². The van der Waals surface area contributed by atoms with E-state index in [1.165, 1.54) is 0 Å². The summed E-state index contributed by atoms with van der Waals surface area (Å²) < 4.78 is 1.81. The molecule has 6 heteroatoms. The third-order valence-electron chi connectivity index (χ3n) is 3.15. The van der Waals surface area contributed by atoms with Crippen molar-refractivity contribution < 1.29 is 4.79 Å². The van der Waals surface area contributed by atoms with Crippen LogP contribution in [0.2, 0.25) is 0 Å². The maximum absolute atomic E-state index is 11.9. The summed E-state index contributed by atoms with van der Waals surface area (Å²) in [5, 5.41) is 7.22. The lowest BCUT2D eigenvalue weighted by atomic mass is 10.1. The molecule has 0 heterocycles. The average molecular weight is 439 g/mol. The van der Waals surface area contributed by atoms with Gasteiger partial charge in [-0.1, -0.05) is 30.3 Å². The van der Waals surface area contributed by atoms with Crippen molar-refractivity contribution in [3.63, 3.8) is 0 Å². The fourth-order valence-corrected chi connectivity index (χ4v) is 3.66. The first-order valence-electron chi connectivity index (χ1n) is 7.05. The molecule has 0 spiro atoms. The molecular formula is C17H17Br2N3O. The summed E-state index contributed by atoms with van der Waals surface area (Å²) in [6, 6.07) is 13.7. The highest BCUT2D eigenvalue weighted by molar-refractivity contribution is 9.11. The van der Waals surface area contributed by atoms with Gasteiger partial charge in [0.1, 0.15) is 0 Å². The molecule has 0 aliphatic heterocycles. The van der Waals surface area contributed by atoms with Crippen molar-refractivity contribution in [2.45, 2.75) is 13.8 Å². The van der Waals surface area contributed by atoms with E-state index < -0.39 is 0 Å². The Kier molecular flexibility index (Phi) is 6.36. The predicted molar refractivity (Wildman–Crippen MR) is 102 cm³/mol. The minimum atomic E-state index is -0.209.